The largest absolute Gasteiger partial charge is 0.456 e. The molecule has 69 heavy (non-hydrogen) atoms. The van der Waals surface area contributed by atoms with Crippen molar-refractivity contribution in [3.8, 4) is 67.5 Å². The van der Waals surface area contributed by atoms with Crippen LogP contribution in [0.2, 0.25) is 0 Å². The lowest BCUT2D eigenvalue weighted by atomic mass is 9.67. The fraction of sp³-hybridized carbons (Fsp3) is 0.0156. The second-order valence-corrected chi connectivity index (χ2v) is 17.8. The van der Waals surface area contributed by atoms with Crippen LogP contribution < -0.4 is 0 Å². The van der Waals surface area contributed by atoms with E-state index in [9.17, 15) is 0 Å². The molecule has 0 atom stereocenters. The number of rotatable bonds is 7. The van der Waals surface area contributed by atoms with E-state index in [-0.39, 0.29) is 0 Å². The lowest BCUT2D eigenvalue weighted by Crippen LogP contribution is -2.28. The van der Waals surface area contributed by atoms with Crippen LogP contribution in [0.25, 0.3) is 111 Å². The first-order valence-corrected chi connectivity index (χ1v) is 23.3. The van der Waals surface area contributed by atoms with E-state index >= 15 is 0 Å². The van der Waals surface area contributed by atoms with E-state index in [2.05, 4.69) is 200 Å². The van der Waals surface area contributed by atoms with E-state index < -0.39 is 5.41 Å². The number of fused-ring (bicyclic) bond motifs is 9. The first-order chi connectivity index (χ1) is 34.2. The van der Waals surface area contributed by atoms with Gasteiger partial charge in [-0.05, 0) is 98.1 Å². The van der Waals surface area contributed by atoms with E-state index in [0.717, 1.165) is 82.8 Å². The number of nitrogens with zero attached hydrogens (tertiary/aromatic N) is 3. The maximum absolute atomic E-state index is 6.54. The average Bonchev–Trinajstić information content (AvgIpc) is 4.10. The monoisotopic (exact) mass is 881 g/mol. The number of benzene rings is 10. The molecule has 1 aliphatic carbocycles. The number of hydrogen-bond donors (Lipinski definition) is 0. The van der Waals surface area contributed by atoms with Crippen LogP contribution in [0.1, 0.15) is 22.3 Å². The first kappa shape index (κ1) is 39.0. The highest BCUT2D eigenvalue weighted by Gasteiger charge is 2.45. The Morgan fingerprint density at radius 1 is 0.275 bits per heavy atom. The Kier molecular flexibility index (Phi) is 8.73. The smallest absolute Gasteiger partial charge is 0.164 e. The van der Waals surface area contributed by atoms with Gasteiger partial charge < -0.3 is 8.83 Å². The summed E-state index contributed by atoms with van der Waals surface area (Å²) in [6, 6.07) is 83.3. The molecule has 0 aliphatic heterocycles. The summed E-state index contributed by atoms with van der Waals surface area (Å²) in [4.78, 5) is 16.1. The van der Waals surface area contributed by atoms with Crippen LogP contribution in [0, 0.1) is 0 Å². The molecule has 5 nitrogen and oxygen atoms in total. The molecule has 5 heteroatoms. The molecule has 0 unspecified atom stereocenters. The SMILES string of the molecule is c1ccc(-c2ccc3oc4cccc(-c5nc(-c6ccc(C7(c8ccccc8)c8ccccc8-c8ccccc87)cc6)nc(-c6ccc7oc8cccc(-c9ccccc9)c8c7c6)n5)c4c3c2)cc1. The van der Waals surface area contributed by atoms with E-state index in [0.29, 0.717) is 17.5 Å². The molecule has 0 bridgehead atoms. The van der Waals surface area contributed by atoms with Gasteiger partial charge in [0.2, 0.25) is 0 Å². The summed E-state index contributed by atoms with van der Waals surface area (Å²) < 4.78 is 13.0. The van der Waals surface area contributed by atoms with Crippen molar-refractivity contribution in [2.24, 2.45) is 0 Å². The molecule has 0 N–H and O–H groups in total. The third-order valence-corrected chi connectivity index (χ3v) is 14.1. The van der Waals surface area contributed by atoms with Gasteiger partial charge in [0.05, 0.1) is 5.41 Å². The highest BCUT2D eigenvalue weighted by molar-refractivity contribution is 6.14. The van der Waals surface area contributed by atoms with Crippen molar-refractivity contribution in [3.05, 3.63) is 259 Å². The van der Waals surface area contributed by atoms with Crippen molar-refractivity contribution >= 4 is 43.9 Å². The van der Waals surface area contributed by atoms with Gasteiger partial charge in [0, 0.05) is 38.2 Å². The van der Waals surface area contributed by atoms with Gasteiger partial charge in [0.25, 0.3) is 0 Å². The van der Waals surface area contributed by atoms with Crippen molar-refractivity contribution < 1.29 is 8.83 Å². The number of aromatic nitrogens is 3. The average molecular weight is 882 g/mol. The Bertz CT molecular complexity index is 4070. The van der Waals surface area contributed by atoms with Crippen LogP contribution >= 0.6 is 0 Å². The van der Waals surface area contributed by atoms with Crippen LogP contribution in [0.4, 0.5) is 0 Å². The summed E-state index contributed by atoms with van der Waals surface area (Å²) in [6.07, 6.45) is 0. The number of furan rings is 2. The molecule has 0 saturated carbocycles. The van der Waals surface area contributed by atoms with Gasteiger partial charge >= 0.3 is 0 Å². The van der Waals surface area contributed by atoms with Crippen LogP contribution in [-0.2, 0) is 5.41 Å². The molecule has 14 rings (SSSR count). The van der Waals surface area contributed by atoms with Crippen LogP contribution in [0.3, 0.4) is 0 Å². The summed E-state index contributed by atoms with van der Waals surface area (Å²) in [5.74, 6) is 1.68. The summed E-state index contributed by atoms with van der Waals surface area (Å²) in [5, 5.41) is 4.00. The van der Waals surface area contributed by atoms with E-state index in [1.165, 1.54) is 33.4 Å². The Labute approximate surface area is 397 Å². The minimum absolute atomic E-state index is 0.527. The zero-order valence-corrected chi connectivity index (χ0v) is 37.2. The van der Waals surface area contributed by atoms with Crippen LogP contribution in [-0.4, -0.2) is 15.0 Å². The van der Waals surface area contributed by atoms with Gasteiger partial charge in [-0.25, -0.2) is 15.0 Å². The molecule has 0 saturated heterocycles. The predicted octanol–water partition coefficient (Wildman–Crippen LogP) is 16.4. The van der Waals surface area contributed by atoms with Gasteiger partial charge in [-0.3, -0.25) is 0 Å². The molecule has 0 amide bonds. The molecule has 0 fully saturated rings. The quantitative estimate of drug-likeness (QED) is 0.160. The molecule has 10 aromatic carbocycles. The van der Waals surface area contributed by atoms with Gasteiger partial charge in [-0.1, -0.05) is 194 Å². The van der Waals surface area contributed by atoms with Crippen molar-refractivity contribution in [1.82, 2.24) is 15.0 Å². The van der Waals surface area contributed by atoms with Gasteiger partial charge in [-0.2, -0.15) is 0 Å². The third kappa shape index (κ3) is 6.07. The predicted molar refractivity (Wildman–Crippen MR) is 279 cm³/mol. The van der Waals surface area contributed by atoms with Crippen LogP contribution in [0.5, 0.6) is 0 Å². The summed E-state index contributed by atoms with van der Waals surface area (Å²) in [7, 11) is 0. The second kappa shape index (κ2) is 15.4. The minimum Gasteiger partial charge on any atom is -0.456 e. The fourth-order valence-corrected chi connectivity index (χ4v) is 11.0. The van der Waals surface area contributed by atoms with E-state index in [1.54, 1.807) is 0 Å². The van der Waals surface area contributed by atoms with E-state index in [1.807, 2.05) is 36.4 Å². The summed E-state index contributed by atoms with van der Waals surface area (Å²) in [6.45, 7) is 0. The molecule has 322 valence electrons. The molecule has 3 heterocycles. The highest BCUT2D eigenvalue weighted by atomic mass is 16.3. The Balaban J connectivity index is 0.981. The maximum Gasteiger partial charge on any atom is 0.164 e. The molecular formula is C64H39N3O2. The van der Waals surface area contributed by atoms with E-state index in [4.69, 9.17) is 23.8 Å². The number of hydrogen-bond acceptors (Lipinski definition) is 5. The lowest BCUT2D eigenvalue weighted by molar-refractivity contribution is 0.668. The molecule has 13 aromatic rings. The van der Waals surface area contributed by atoms with Gasteiger partial charge in [0.15, 0.2) is 17.5 Å². The van der Waals surface area contributed by atoms with Crippen molar-refractivity contribution in [2.75, 3.05) is 0 Å². The lowest BCUT2D eigenvalue weighted by Gasteiger charge is -2.34. The molecule has 0 spiro atoms. The summed E-state index contributed by atoms with van der Waals surface area (Å²) >= 11 is 0. The Morgan fingerprint density at radius 3 is 1.36 bits per heavy atom. The van der Waals surface area contributed by atoms with Gasteiger partial charge in [-0.15, -0.1) is 0 Å². The first-order valence-electron chi connectivity index (χ1n) is 23.3. The molecule has 1 aliphatic rings. The second-order valence-electron chi connectivity index (χ2n) is 17.8. The normalized spacial score (nSPS) is 12.8. The Hall–Kier alpha value is -9.19. The highest BCUT2D eigenvalue weighted by Crippen LogP contribution is 2.56. The fourth-order valence-electron chi connectivity index (χ4n) is 11.0. The van der Waals surface area contributed by atoms with Gasteiger partial charge in [0.1, 0.15) is 22.3 Å². The topological polar surface area (TPSA) is 65.0 Å². The van der Waals surface area contributed by atoms with Crippen LogP contribution in [0.15, 0.2) is 245 Å². The molecule has 3 aromatic heterocycles. The maximum atomic E-state index is 6.54. The molecule has 0 radical (unpaired) electrons. The minimum atomic E-state index is -0.527. The zero-order chi connectivity index (χ0) is 45.5. The zero-order valence-electron chi connectivity index (χ0n) is 37.2. The van der Waals surface area contributed by atoms with Crippen molar-refractivity contribution in [3.63, 3.8) is 0 Å². The Morgan fingerprint density at radius 2 is 0.725 bits per heavy atom. The summed E-state index contributed by atoms with van der Waals surface area (Å²) in [5.41, 5.74) is 17.2. The van der Waals surface area contributed by atoms with Crippen molar-refractivity contribution in [2.45, 2.75) is 5.41 Å². The van der Waals surface area contributed by atoms with Crippen molar-refractivity contribution in [1.29, 1.82) is 0 Å². The molecular weight excluding hydrogens is 843 g/mol. The third-order valence-electron chi connectivity index (χ3n) is 14.1. The standard InChI is InChI=1S/C64H39N3O2/c1-4-16-40(17-5-1)43-32-36-55-51(38-43)60-50(25-15-29-58(60)69-55)63-66-61(65-62(67-63)44-33-37-56-52(39-44)59-47(24-14-28-57(59)68-56)41-18-6-2-7-19-41)42-30-34-46(35-31-42)64(45-20-8-3-9-21-45)53-26-12-10-22-48(53)49-23-11-13-27-54(49)64/h1-39H.